The molecule has 7 heteroatoms. The standard InChI is InChI=1S/C22H18F2N4O/c23-15-1-3-20-17(11-15)18(22(29)28-20)13-27-16-2-4-21(19(24)12-16)26-10-7-14-5-8-25-9-6-14/h1-6,8-9,11-13,26-27H,7,10H2,(H,28,29)/b18-13+. The van der Waals surface area contributed by atoms with Crippen LogP contribution in [0, 0.1) is 11.6 Å². The molecule has 1 aliphatic rings. The van der Waals surface area contributed by atoms with E-state index in [2.05, 4.69) is 20.9 Å². The van der Waals surface area contributed by atoms with Gasteiger partial charge < -0.3 is 16.0 Å². The highest BCUT2D eigenvalue weighted by atomic mass is 19.1. The van der Waals surface area contributed by atoms with Gasteiger partial charge in [0.05, 0.1) is 11.3 Å². The lowest BCUT2D eigenvalue weighted by molar-refractivity contribution is -0.110. The Balaban J connectivity index is 1.42. The maximum atomic E-state index is 14.4. The Hall–Kier alpha value is -3.74. The summed E-state index contributed by atoms with van der Waals surface area (Å²) in [4.78, 5) is 16.1. The van der Waals surface area contributed by atoms with Crippen molar-refractivity contribution in [2.75, 3.05) is 22.5 Å². The van der Waals surface area contributed by atoms with Crippen LogP contribution in [0.3, 0.4) is 0 Å². The summed E-state index contributed by atoms with van der Waals surface area (Å²) in [7, 11) is 0. The Morgan fingerprint density at radius 2 is 1.86 bits per heavy atom. The first-order chi connectivity index (χ1) is 14.1. The summed E-state index contributed by atoms with van der Waals surface area (Å²) in [6.45, 7) is 0.584. The summed E-state index contributed by atoms with van der Waals surface area (Å²) >= 11 is 0. The van der Waals surface area contributed by atoms with Crippen LogP contribution in [0.4, 0.5) is 25.8 Å². The van der Waals surface area contributed by atoms with Crippen molar-refractivity contribution in [1.29, 1.82) is 0 Å². The van der Waals surface area contributed by atoms with Crippen molar-refractivity contribution < 1.29 is 13.6 Å². The Morgan fingerprint density at radius 1 is 1.03 bits per heavy atom. The molecule has 5 nitrogen and oxygen atoms in total. The Bertz CT molecular complexity index is 1080. The van der Waals surface area contributed by atoms with Gasteiger partial charge in [-0.15, -0.1) is 0 Å². The molecule has 0 unspecified atom stereocenters. The fraction of sp³-hybridized carbons (Fsp3) is 0.0909. The molecule has 2 aromatic carbocycles. The maximum Gasteiger partial charge on any atom is 0.257 e. The van der Waals surface area contributed by atoms with E-state index in [1.807, 2.05) is 12.1 Å². The zero-order chi connectivity index (χ0) is 20.2. The van der Waals surface area contributed by atoms with Crippen molar-refractivity contribution in [2.45, 2.75) is 6.42 Å². The van der Waals surface area contributed by atoms with E-state index in [0.29, 0.717) is 34.7 Å². The van der Waals surface area contributed by atoms with Crippen molar-refractivity contribution >= 4 is 28.5 Å². The summed E-state index contributed by atoms with van der Waals surface area (Å²) in [5, 5.41) is 8.64. The van der Waals surface area contributed by atoms with Crippen molar-refractivity contribution in [1.82, 2.24) is 4.98 Å². The predicted octanol–water partition coefficient (Wildman–Crippen LogP) is 4.42. The zero-order valence-electron chi connectivity index (χ0n) is 15.4. The van der Waals surface area contributed by atoms with E-state index in [9.17, 15) is 13.6 Å². The molecule has 0 atom stereocenters. The van der Waals surface area contributed by atoms with E-state index in [4.69, 9.17) is 0 Å². The van der Waals surface area contributed by atoms with Crippen molar-refractivity contribution in [3.05, 3.63) is 89.9 Å². The highest BCUT2D eigenvalue weighted by Gasteiger charge is 2.24. The molecule has 1 aromatic heterocycles. The molecule has 0 bridgehead atoms. The molecule has 0 fully saturated rings. The molecule has 0 saturated heterocycles. The second kappa shape index (κ2) is 8.10. The fourth-order valence-corrected chi connectivity index (χ4v) is 3.10. The number of hydrogen-bond acceptors (Lipinski definition) is 4. The third kappa shape index (κ3) is 4.24. The van der Waals surface area contributed by atoms with Crippen LogP contribution in [0.5, 0.6) is 0 Å². The normalized spacial score (nSPS) is 13.9. The Kier molecular flexibility index (Phi) is 5.20. The lowest BCUT2D eigenvalue weighted by Gasteiger charge is -2.09. The molecule has 3 N–H and O–H groups in total. The predicted molar refractivity (Wildman–Crippen MR) is 109 cm³/mol. The highest BCUT2D eigenvalue weighted by Crippen LogP contribution is 2.32. The minimum absolute atomic E-state index is 0.291. The number of benzene rings is 2. The van der Waals surface area contributed by atoms with Crippen molar-refractivity contribution in [3.8, 4) is 0 Å². The van der Waals surface area contributed by atoms with E-state index in [1.165, 1.54) is 30.5 Å². The molecule has 146 valence electrons. The lowest BCUT2D eigenvalue weighted by atomic mass is 10.1. The van der Waals surface area contributed by atoms with E-state index in [1.54, 1.807) is 24.5 Å². The number of fused-ring (bicyclic) bond motifs is 1. The summed E-state index contributed by atoms with van der Waals surface area (Å²) in [6, 6.07) is 12.6. The molecule has 1 aliphatic heterocycles. The highest BCUT2D eigenvalue weighted by molar-refractivity contribution is 6.31. The van der Waals surface area contributed by atoms with Gasteiger partial charge in [-0.25, -0.2) is 8.78 Å². The van der Waals surface area contributed by atoms with E-state index >= 15 is 0 Å². The molecular weight excluding hydrogens is 374 g/mol. The molecular formula is C22H18F2N4O. The minimum atomic E-state index is -0.431. The SMILES string of the molecule is O=C1Nc2ccc(F)cc2/C1=C\Nc1ccc(NCCc2ccncc2)c(F)c1. The van der Waals surface area contributed by atoms with Gasteiger partial charge in [0.2, 0.25) is 0 Å². The summed E-state index contributed by atoms with van der Waals surface area (Å²) in [5.41, 5.74) is 3.29. The van der Waals surface area contributed by atoms with Gasteiger partial charge in [-0.3, -0.25) is 9.78 Å². The third-order valence-electron chi connectivity index (χ3n) is 4.60. The van der Waals surface area contributed by atoms with Crippen molar-refractivity contribution in [2.24, 2.45) is 0 Å². The number of halogens is 2. The fourth-order valence-electron chi connectivity index (χ4n) is 3.10. The van der Waals surface area contributed by atoms with Crippen LogP contribution in [0.2, 0.25) is 0 Å². The summed E-state index contributed by atoms with van der Waals surface area (Å²) in [5.74, 6) is -1.18. The second-order valence-corrected chi connectivity index (χ2v) is 6.57. The number of pyridine rings is 1. The monoisotopic (exact) mass is 392 g/mol. The number of anilines is 3. The molecule has 0 aliphatic carbocycles. The van der Waals surface area contributed by atoms with Gasteiger partial charge in [-0.2, -0.15) is 0 Å². The molecule has 2 heterocycles. The second-order valence-electron chi connectivity index (χ2n) is 6.57. The number of nitrogens with zero attached hydrogens (tertiary/aromatic N) is 1. The molecule has 3 aromatic rings. The van der Waals surface area contributed by atoms with Gasteiger partial charge in [0.1, 0.15) is 11.6 Å². The molecule has 0 spiro atoms. The van der Waals surface area contributed by atoms with Gasteiger partial charge in [0.15, 0.2) is 0 Å². The van der Waals surface area contributed by atoms with Gasteiger partial charge >= 0.3 is 0 Å². The largest absolute Gasteiger partial charge is 0.382 e. The molecule has 29 heavy (non-hydrogen) atoms. The first kappa shape index (κ1) is 18.6. The third-order valence-corrected chi connectivity index (χ3v) is 4.60. The van der Waals surface area contributed by atoms with Crippen LogP contribution in [-0.2, 0) is 11.2 Å². The van der Waals surface area contributed by atoms with Gasteiger partial charge in [0.25, 0.3) is 5.91 Å². The number of carbonyl (C=O) groups excluding carboxylic acids is 1. The van der Waals surface area contributed by atoms with Gasteiger partial charge in [0, 0.05) is 42.1 Å². The zero-order valence-corrected chi connectivity index (χ0v) is 15.4. The maximum absolute atomic E-state index is 14.4. The minimum Gasteiger partial charge on any atom is -0.382 e. The number of amides is 1. The van der Waals surface area contributed by atoms with Gasteiger partial charge in [-0.05, 0) is 60.5 Å². The summed E-state index contributed by atoms with van der Waals surface area (Å²) in [6.07, 6.45) is 5.65. The number of nitrogens with one attached hydrogen (secondary N) is 3. The topological polar surface area (TPSA) is 66.1 Å². The molecule has 4 rings (SSSR count). The Morgan fingerprint density at radius 3 is 2.66 bits per heavy atom. The summed E-state index contributed by atoms with van der Waals surface area (Å²) < 4.78 is 27.9. The van der Waals surface area contributed by atoms with E-state index in [0.717, 1.165) is 12.0 Å². The van der Waals surface area contributed by atoms with Crippen LogP contribution in [0.1, 0.15) is 11.1 Å². The van der Waals surface area contributed by atoms with E-state index in [-0.39, 0.29) is 5.91 Å². The Labute approximate surface area is 166 Å². The number of rotatable bonds is 6. The van der Waals surface area contributed by atoms with Crippen LogP contribution in [0.15, 0.2) is 67.1 Å². The lowest BCUT2D eigenvalue weighted by Crippen LogP contribution is -2.07. The first-order valence-electron chi connectivity index (χ1n) is 9.10. The molecule has 0 radical (unpaired) electrons. The first-order valence-corrected chi connectivity index (χ1v) is 9.10. The average molecular weight is 392 g/mol. The van der Waals surface area contributed by atoms with Crippen LogP contribution in [-0.4, -0.2) is 17.4 Å². The van der Waals surface area contributed by atoms with Crippen LogP contribution < -0.4 is 16.0 Å². The number of aromatic nitrogens is 1. The number of carbonyl (C=O) groups is 1. The number of hydrogen-bond donors (Lipinski definition) is 3. The smallest absolute Gasteiger partial charge is 0.257 e. The van der Waals surface area contributed by atoms with Crippen molar-refractivity contribution in [3.63, 3.8) is 0 Å². The van der Waals surface area contributed by atoms with Gasteiger partial charge in [-0.1, -0.05) is 0 Å². The van der Waals surface area contributed by atoms with E-state index < -0.39 is 11.6 Å². The molecule has 0 saturated carbocycles. The van der Waals surface area contributed by atoms with Crippen LogP contribution in [0.25, 0.3) is 5.57 Å². The average Bonchev–Trinajstić information content (AvgIpc) is 3.03. The molecule has 1 amide bonds. The quantitative estimate of drug-likeness (QED) is 0.544. The van der Waals surface area contributed by atoms with Crippen LogP contribution >= 0.6 is 0 Å².